The van der Waals surface area contributed by atoms with Gasteiger partial charge in [-0.3, -0.25) is 0 Å². The van der Waals surface area contributed by atoms with E-state index in [0.29, 0.717) is 5.58 Å². The topological polar surface area (TPSA) is 39.4 Å². The normalized spacial score (nSPS) is 15.1. The molecular formula is C16H18O3. The molecule has 0 fully saturated rings. The summed E-state index contributed by atoms with van der Waals surface area (Å²) in [5, 5.41) is 1.08. The maximum Gasteiger partial charge on any atom is 0.339 e. The summed E-state index contributed by atoms with van der Waals surface area (Å²) in [7, 11) is 1.63. The summed E-state index contributed by atoms with van der Waals surface area (Å²) in [4.78, 5) is 12.2. The van der Waals surface area contributed by atoms with E-state index in [4.69, 9.17) is 9.15 Å². The van der Waals surface area contributed by atoms with Crippen molar-refractivity contribution in [2.75, 3.05) is 7.11 Å². The minimum absolute atomic E-state index is 0.166. The van der Waals surface area contributed by atoms with Gasteiger partial charge in [-0.1, -0.05) is 6.42 Å². The average molecular weight is 258 g/mol. The monoisotopic (exact) mass is 258 g/mol. The first-order valence-electron chi connectivity index (χ1n) is 6.84. The van der Waals surface area contributed by atoms with Gasteiger partial charge in [0.25, 0.3) is 0 Å². The third-order valence-electron chi connectivity index (χ3n) is 4.06. The van der Waals surface area contributed by atoms with Crippen molar-refractivity contribution in [3.63, 3.8) is 0 Å². The second-order valence-corrected chi connectivity index (χ2v) is 5.18. The van der Waals surface area contributed by atoms with E-state index in [9.17, 15) is 4.79 Å². The Bertz CT molecular complexity index is 682. The van der Waals surface area contributed by atoms with Gasteiger partial charge in [-0.15, -0.1) is 0 Å². The van der Waals surface area contributed by atoms with Crippen molar-refractivity contribution in [3.05, 3.63) is 39.2 Å². The molecule has 3 heteroatoms. The van der Waals surface area contributed by atoms with E-state index in [2.05, 4.69) is 0 Å². The summed E-state index contributed by atoms with van der Waals surface area (Å²) < 4.78 is 10.9. The highest BCUT2D eigenvalue weighted by Gasteiger charge is 2.18. The Morgan fingerprint density at radius 2 is 1.84 bits per heavy atom. The van der Waals surface area contributed by atoms with Gasteiger partial charge in [-0.05, 0) is 50.3 Å². The van der Waals surface area contributed by atoms with Gasteiger partial charge in [0.15, 0.2) is 0 Å². The van der Waals surface area contributed by atoms with Crippen LogP contribution in [0.25, 0.3) is 11.0 Å². The van der Waals surface area contributed by atoms with Gasteiger partial charge >= 0.3 is 5.63 Å². The summed E-state index contributed by atoms with van der Waals surface area (Å²) in [6.07, 6.45) is 5.24. The van der Waals surface area contributed by atoms with Gasteiger partial charge < -0.3 is 9.15 Å². The molecule has 0 bridgehead atoms. The Morgan fingerprint density at radius 1 is 1.11 bits per heavy atom. The van der Waals surface area contributed by atoms with Gasteiger partial charge in [0.2, 0.25) is 0 Å². The molecule has 100 valence electrons. The molecule has 0 radical (unpaired) electrons. The smallest absolute Gasteiger partial charge is 0.339 e. The van der Waals surface area contributed by atoms with Gasteiger partial charge in [-0.2, -0.15) is 0 Å². The maximum atomic E-state index is 12.2. The van der Waals surface area contributed by atoms with Crippen LogP contribution in [0, 0.1) is 6.92 Å². The second kappa shape index (κ2) is 4.72. The van der Waals surface area contributed by atoms with Crippen molar-refractivity contribution in [2.45, 2.75) is 39.0 Å². The summed E-state index contributed by atoms with van der Waals surface area (Å²) in [5.74, 6) is 0.768. The Labute approximate surface area is 112 Å². The zero-order chi connectivity index (χ0) is 13.4. The van der Waals surface area contributed by atoms with Crippen LogP contribution >= 0.6 is 0 Å². The van der Waals surface area contributed by atoms with Crippen LogP contribution in [0.3, 0.4) is 0 Å². The summed E-state index contributed by atoms with van der Waals surface area (Å²) in [6, 6.07) is 3.98. The average Bonchev–Trinajstić information content (AvgIpc) is 2.66. The highest BCUT2D eigenvalue weighted by Crippen LogP contribution is 2.31. The van der Waals surface area contributed by atoms with Crippen LogP contribution in [0.5, 0.6) is 5.75 Å². The molecular weight excluding hydrogens is 240 g/mol. The SMILES string of the molecule is COc1ccc2c3c(c(=O)oc2c1C)CCCCC3. The quantitative estimate of drug-likeness (QED) is 0.581. The first kappa shape index (κ1) is 12.3. The van der Waals surface area contributed by atoms with Crippen molar-refractivity contribution in [1.29, 1.82) is 0 Å². The molecule has 19 heavy (non-hydrogen) atoms. The molecule has 1 aliphatic carbocycles. The molecule has 0 aliphatic heterocycles. The number of hydrogen-bond acceptors (Lipinski definition) is 3. The number of fused-ring (bicyclic) bond motifs is 3. The minimum Gasteiger partial charge on any atom is -0.496 e. The molecule has 0 unspecified atom stereocenters. The largest absolute Gasteiger partial charge is 0.496 e. The molecule has 0 N–H and O–H groups in total. The van der Waals surface area contributed by atoms with Gasteiger partial charge in [-0.25, -0.2) is 4.79 Å². The zero-order valence-electron chi connectivity index (χ0n) is 11.4. The van der Waals surface area contributed by atoms with Crippen molar-refractivity contribution >= 4 is 11.0 Å². The Hall–Kier alpha value is -1.77. The van der Waals surface area contributed by atoms with E-state index < -0.39 is 0 Å². The molecule has 0 atom stereocenters. The van der Waals surface area contributed by atoms with E-state index in [1.807, 2.05) is 19.1 Å². The van der Waals surface area contributed by atoms with E-state index >= 15 is 0 Å². The molecule has 1 heterocycles. The number of aryl methyl sites for hydroxylation is 2. The van der Waals surface area contributed by atoms with Crippen molar-refractivity contribution < 1.29 is 9.15 Å². The fraction of sp³-hybridized carbons (Fsp3) is 0.438. The number of ether oxygens (including phenoxy) is 1. The molecule has 2 aromatic rings. The maximum absolute atomic E-state index is 12.2. The highest BCUT2D eigenvalue weighted by molar-refractivity contribution is 5.85. The van der Waals surface area contributed by atoms with Crippen LogP contribution in [-0.4, -0.2) is 7.11 Å². The lowest BCUT2D eigenvalue weighted by molar-refractivity contribution is 0.410. The summed E-state index contributed by atoms with van der Waals surface area (Å²) >= 11 is 0. The molecule has 1 aromatic carbocycles. The van der Waals surface area contributed by atoms with Gasteiger partial charge in [0, 0.05) is 16.5 Å². The third kappa shape index (κ3) is 1.93. The number of methoxy groups -OCH3 is 1. The number of rotatable bonds is 1. The van der Waals surface area contributed by atoms with E-state index in [1.54, 1.807) is 7.11 Å². The van der Waals surface area contributed by atoms with E-state index in [-0.39, 0.29) is 5.63 Å². The fourth-order valence-corrected chi connectivity index (χ4v) is 3.02. The van der Waals surface area contributed by atoms with E-state index in [0.717, 1.165) is 47.9 Å². The van der Waals surface area contributed by atoms with Gasteiger partial charge in [0.05, 0.1) is 7.11 Å². The third-order valence-corrected chi connectivity index (χ3v) is 4.06. The number of benzene rings is 1. The highest BCUT2D eigenvalue weighted by atomic mass is 16.5. The Balaban J connectivity index is 2.36. The van der Waals surface area contributed by atoms with Crippen LogP contribution in [0.2, 0.25) is 0 Å². The van der Waals surface area contributed by atoms with Crippen molar-refractivity contribution in [1.82, 2.24) is 0 Å². The van der Waals surface area contributed by atoms with Crippen LogP contribution < -0.4 is 10.4 Å². The predicted molar refractivity (Wildman–Crippen MR) is 75.0 cm³/mol. The Kier molecular flexibility index (Phi) is 3.05. The standard InChI is InChI=1S/C16H18O3/c1-10-14(18-2)9-8-12-11-6-4-3-5-7-13(11)16(17)19-15(10)12/h8-9H,3-7H2,1-2H3. The lowest BCUT2D eigenvalue weighted by atomic mass is 9.99. The van der Waals surface area contributed by atoms with Crippen LogP contribution in [0.4, 0.5) is 0 Å². The summed E-state index contributed by atoms with van der Waals surface area (Å²) in [5.41, 5.74) is 3.50. The minimum atomic E-state index is -0.166. The molecule has 0 saturated carbocycles. The van der Waals surface area contributed by atoms with Crippen molar-refractivity contribution in [3.8, 4) is 5.75 Å². The lowest BCUT2D eigenvalue weighted by Crippen LogP contribution is -2.11. The number of hydrogen-bond donors (Lipinski definition) is 0. The van der Waals surface area contributed by atoms with Crippen molar-refractivity contribution in [2.24, 2.45) is 0 Å². The molecule has 0 saturated heterocycles. The lowest BCUT2D eigenvalue weighted by Gasteiger charge is -2.12. The fourth-order valence-electron chi connectivity index (χ4n) is 3.02. The van der Waals surface area contributed by atoms with E-state index in [1.165, 1.54) is 12.0 Å². The molecule has 3 rings (SSSR count). The molecule has 1 aliphatic rings. The molecule has 0 spiro atoms. The van der Waals surface area contributed by atoms with Crippen LogP contribution in [-0.2, 0) is 12.8 Å². The van der Waals surface area contributed by atoms with Crippen LogP contribution in [0.15, 0.2) is 21.3 Å². The van der Waals surface area contributed by atoms with Crippen LogP contribution in [0.1, 0.15) is 36.0 Å². The second-order valence-electron chi connectivity index (χ2n) is 5.18. The first-order chi connectivity index (χ1) is 9.22. The first-order valence-corrected chi connectivity index (χ1v) is 6.84. The Morgan fingerprint density at radius 3 is 2.58 bits per heavy atom. The predicted octanol–water partition coefficient (Wildman–Crippen LogP) is 3.38. The van der Waals surface area contributed by atoms with Gasteiger partial charge in [0.1, 0.15) is 11.3 Å². The molecule has 1 aromatic heterocycles. The molecule has 3 nitrogen and oxygen atoms in total. The zero-order valence-corrected chi connectivity index (χ0v) is 11.4. The summed E-state index contributed by atoms with van der Waals surface area (Å²) in [6.45, 7) is 1.94. The molecule has 0 amide bonds.